The maximum atomic E-state index is 5.64. The Kier molecular flexibility index (Phi) is 2.74. The van der Waals surface area contributed by atoms with Crippen LogP contribution in [0.2, 0.25) is 0 Å². The molecular formula is C9H12N8S. The van der Waals surface area contributed by atoms with Crippen LogP contribution in [-0.2, 0) is 0 Å². The Balaban J connectivity index is 1.87. The van der Waals surface area contributed by atoms with Crippen LogP contribution in [0.25, 0.3) is 0 Å². The predicted octanol–water partition coefficient (Wildman–Crippen LogP) is 0.573. The van der Waals surface area contributed by atoms with Gasteiger partial charge in [-0.15, -0.1) is 5.10 Å². The van der Waals surface area contributed by atoms with Crippen molar-refractivity contribution in [3.63, 3.8) is 0 Å². The fourth-order valence-corrected chi connectivity index (χ4v) is 2.37. The molecule has 0 unspecified atom stereocenters. The lowest BCUT2D eigenvalue weighted by Gasteiger charge is -2.04. The van der Waals surface area contributed by atoms with Gasteiger partial charge in [0, 0.05) is 13.1 Å². The van der Waals surface area contributed by atoms with Gasteiger partial charge in [-0.05, 0) is 35.0 Å². The quantitative estimate of drug-likeness (QED) is 0.772. The highest BCUT2D eigenvalue weighted by molar-refractivity contribution is 7.99. The molecule has 0 atom stereocenters. The Morgan fingerprint density at radius 3 is 3.00 bits per heavy atom. The summed E-state index contributed by atoms with van der Waals surface area (Å²) in [6.45, 7) is 0. The average molecular weight is 264 g/mol. The van der Waals surface area contributed by atoms with Gasteiger partial charge in [-0.25, -0.2) is 9.67 Å². The molecule has 0 aliphatic heterocycles. The van der Waals surface area contributed by atoms with Gasteiger partial charge in [0.25, 0.3) is 0 Å². The molecule has 0 amide bonds. The number of aromatic nitrogens is 6. The standard InChI is InChI=1S/C9H12N8S/c1-11-6-4-7(13-8(10)12-6)18-9-14-15-16-17(9)5-2-3-5/h4-5H,2-3H2,1H3,(H3,10,11,12,13). The van der Waals surface area contributed by atoms with Crippen LogP contribution >= 0.6 is 11.8 Å². The van der Waals surface area contributed by atoms with Crippen molar-refractivity contribution >= 4 is 23.5 Å². The Bertz CT molecular complexity index is 563. The summed E-state index contributed by atoms with van der Waals surface area (Å²) >= 11 is 1.39. The Hall–Kier alpha value is -1.90. The third-order valence-corrected chi connectivity index (χ3v) is 3.40. The summed E-state index contributed by atoms with van der Waals surface area (Å²) in [6, 6.07) is 2.25. The highest BCUT2D eigenvalue weighted by atomic mass is 32.2. The molecule has 1 saturated carbocycles. The van der Waals surface area contributed by atoms with Crippen molar-refractivity contribution < 1.29 is 0 Å². The molecule has 2 heterocycles. The van der Waals surface area contributed by atoms with E-state index in [1.54, 1.807) is 7.05 Å². The zero-order valence-electron chi connectivity index (χ0n) is 9.74. The molecule has 0 spiro atoms. The van der Waals surface area contributed by atoms with Crippen LogP contribution in [0.3, 0.4) is 0 Å². The predicted molar refractivity (Wildman–Crippen MR) is 66.2 cm³/mol. The summed E-state index contributed by atoms with van der Waals surface area (Å²) < 4.78 is 1.84. The van der Waals surface area contributed by atoms with Crippen molar-refractivity contribution in [3.8, 4) is 0 Å². The lowest BCUT2D eigenvalue weighted by atomic mass is 10.6. The minimum absolute atomic E-state index is 0.231. The maximum Gasteiger partial charge on any atom is 0.223 e. The summed E-state index contributed by atoms with van der Waals surface area (Å²) in [5, 5.41) is 16.1. The molecule has 94 valence electrons. The molecule has 0 aromatic carbocycles. The first kappa shape index (κ1) is 11.2. The first-order chi connectivity index (χ1) is 8.76. The number of nitrogen functional groups attached to an aromatic ring is 1. The van der Waals surface area contributed by atoms with Gasteiger partial charge in [-0.3, -0.25) is 0 Å². The Morgan fingerprint density at radius 1 is 1.44 bits per heavy atom. The molecule has 1 fully saturated rings. The smallest absolute Gasteiger partial charge is 0.223 e. The van der Waals surface area contributed by atoms with Gasteiger partial charge < -0.3 is 11.1 Å². The first-order valence-electron chi connectivity index (χ1n) is 5.54. The second-order valence-corrected chi connectivity index (χ2v) is 4.93. The molecule has 2 aromatic rings. The number of tetrazole rings is 1. The molecule has 8 nitrogen and oxygen atoms in total. The minimum atomic E-state index is 0.231. The van der Waals surface area contributed by atoms with E-state index in [4.69, 9.17) is 5.73 Å². The average Bonchev–Trinajstić information content (AvgIpc) is 3.10. The Labute approximate surface area is 107 Å². The highest BCUT2D eigenvalue weighted by Gasteiger charge is 2.28. The molecule has 3 N–H and O–H groups in total. The van der Waals surface area contributed by atoms with Crippen LogP contribution in [0.15, 0.2) is 16.2 Å². The number of hydrogen-bond acceptors (Lipinski definition) is 8. The van der Waals surface area contributed by atoms with E-state index in [0.29, 0.717) is 11.9 Å². The monoisotopic (exact) mass is 264 g/mol. The van der Waals surface area contributed by atoms with Crippen molar-refractivity contribution in [2.75, 3.05) is 18.1 Å². The van der Waals surface area contributed by atoms with Crippen molar-refractivity contribution in [2.45, 2.75) is 29.1 Å². The van der Waals surface area contributed by atoms with Crippen LogP contribution in [0.4, 0.5) is 11.8 Å². The highest BCUT2D eigenvalue weighted by Crippen LogP contribution is 2.37. The van der Waals surface area contributed by atoms with Gasteiger partial charge in [0.15, 0.2) is 0 Å². The molecule has 1 aliphatic carbocycles. The second kappa shape index (κ2) is 4.41. The van der Waals surface area contributed by atoms with Crippen LogP contribution in [-0.4, -0.2) is 37.2 Å². The zero-order chi connectivity index (χ0) is 12.5. The number of nitrogens with zero attached hydrogens (tertiary/aromatic N) is 6. The molecule has 3 rings (SSSR count). The molecule has 1 aliphatic rings. The topological polar surface area (TPSA) is 107 Å². The van der Waals surface area contributed by atoms with Gasteiger partial charge in [-0.2, -0.15) is 4.98 Å². The maximum absolute atomic E-state index is 5.64. The lowest BCUT2D eigenvalue weighted by molar-refractivity contribution is 0.565. The molecule has 0 radical (unpaired) electrons. The first-order valence-corrected chi connectivity index (χ1v) is 6.36. The van der Waals surface area contributed by atoms with Crippen LogP contribution in [0.5, 0.6) is 0 Å². The van der Waals surface area contributed by atoms with Crippen molar-refractivity contribution in [2.24, 2.45) is 0 Å². The molecule has 0 saturated heterocycles. The van der Waals surface area contributed by atoms with E-state index in [0.717, 1.165) is 23.0 Å². The summed E-state index contributed by atoms with van der Waals surface area (Å²) in [7, 11) is 1.78. The van der Waals surface area contributed by atoms with Crippen LogP contribution in [0.1, 0.15) is 18.9 Å². The summed E-state index contributed by atoms with van der Waals surface area (Å²) in [6.07, 6.45) is 2.26. The zero-order valence-corrected chi connectivity index (χ0v) is 10.6. The molecule has 9 heteroatoms. The largest absolute Gasteiger partial charge is 0.373 e. The molecule has 2 aromatic heterocycles. The van der Waals surface area contributed by atoms with E-state index < -0.39 is 0 Å². The normalized spacial score (nSPS) is 14.7. The molecular weight excluding hydrogens is 252 g/mol. The van der Waals surface area contributed by atoms with E-state index in [-0.39, 0.29) is 5.95 Å². The number of nitrogens with one attached hydrogen (secondary N) is 1. The molecule has 0 bridgehead atoms. The third kappa shape index (κ3) is 2.21. The van der Waals surface area contributed by atoms with Gasteiger partial charge >= 0.3 is 0 Å². The van der Waals surface area contributed by atoms with Crippen molar-refractivity contribution in [3.05, 3.63) is 6.07 Å². The summed E-state index contributed by atoms with van der Waals surface area (Å²) in [4.78, 5) is 8.19. The molecule has 18 heavy (non-hydrogen) atoms. The van der Waals surface area contributed by atoms with E-state index in [9.17, 15) is 0 Å². The van der Waals surface area contributed by atoms with E-state index in [1.165, 1.54) is 11.8 Å². The van der Waals surface area contributed by atoms with Gasteiger partial charge in [-0.1, -0.05) is 0 Å². The second-order valence-electron chi connectivity index (χ2n) is 3.94. The van der Waals surface area contributed by atoms with Crippen LogP contribution < -0.4 is 11.1 Å². The fourth-order valence-electron chi connectivity index (χ4n) is 1.52. The fraction of sp³-hybridized carbons (Fsp3) is 0.444. The van der Waals surface area contributed by atoms with E-state index in [2.05, 4.69) is 30.8 Å². The number of hydrogen-bond donors (Lipinski definition) is 2. The summed E-state index contributed by atoms with van der Waals surface area (Å²) in [5.74, 6) is 0.908. The SMILES string of the molecule is CNc1cc(Sc2nnnn2C2CC2)nc(N)n1. The van der Waals surface area contributed by atoms with Gasteiger partial charge in [0.2, 0.25) is 11.1 Å². The Morgan fingerprint density at radius 2 is 2.28 bits per heavy atom. The van der Waals surface area contributed by atoms with Crippen LogP contribution in [0, 0.1) is 0 Å². The number of nitrogens with two attached hydrogens (primary N) is 1. The number of rotatable bonds is 4. The van der Waals surface area contributed by atoms with Crippen molar-refractivity contribution in [1.82, 2.24) is 30.2 Å². The minimum Gasteiger partial charge on any atom is -0.373 e. The number of anilines is 2. The van der Waals surface area contributed by atoms with Gasteiger partial charge in [0.05, 0.1) is 6.04 Å². The van der Waals surface area contributed by atoms with Gasteiger partial charge in [0.1, 0.15) is 10.8 Å². The lowest BCUT2D eigenvalue weighted by Crippen LogP contribution is -2.02. The van der Waals surface area contributed by atoms with E-state index in [1.807, 2.05) is 10.7 Å². The summed E-state index contributed by atoms with van der Waals surface area (Å²) in [5.41, 5.74) is 5.64. The van der Waals surface area contributed by atoms with Crippen molar-refractivity contribution in [1.29, 1.82) is 0 Å². The van der Waals surface area contributed by atoms with E-state index >= 15 is 0 Å². The third-order valence-electron chi connectivity index (χ3n) is 2.53.